The number of aliphatic hydroxyl groups is 1. The van der Waals surface area contributed by atoms with Crippen LogP contribution < -0.4 is 21.7 Å². The molecule has 7 N–H and O–H groups in total. The fourth-order valence-electron chi connectivity index (χ4n) is 2.36. The number of carboxylic acids is 1. The Morgan fingerprint density at radius 3 is 1.90 bits per heavy atom. The second-order valence-electron chi connectivity index (χ2n) is 7.12. The van der Waals surface area contributed by atoms with Crippen LogP contribution in [0.2, 0.25) is 0 Å². The first-order chi connectivity index (χ1) is 13.4. The Labute approximate surface area is 181 Å². The number of hydrogen-bond donors (Lipinski definition) is 8. The smallest absolute Gasteiger partial charge is 0.327 e. The molecule has 0 unspecified atom stereocenters. The summed E-state index contributed by atoms with van der Waals surface area (Å²) in [5.74, 6) is -3.13. The molecule has 12 heteroatoms. The molecule has 5 atom stereocenters. The average Bonchev–Trinajstić information content (AvgIpc) is 2.62. The zero-order chi connectivity index (χ0) is 22.7. The summed E-state index contributed by atoms with van der Waals surface area (Å²) in [6, 6.07) is -4.52. The minimum absolute atomic E-state index is 0.0338. The van der Waals surface area contributed by atoms with E-state index in [4.69, 9.17) is 10.8 Å². The summed E-state index contributed by atoms with van der Waals surface area (Å²) >= 11 is 7.88. The topological polar surface area (TPSA) is 171 Å². The molecule has 0 aromatic rings. The molecule has 0 radical (unpaired) electrons. The fourth-order valence-corrected chi connectivity index (χ4v) is 2.88. The fraction of sp³-hybridized carbons (Fsp3) is 0.765. The number of carboxylic acid groups (broad SMARTS) is 1. The second kappa shape index (κ2) is 13.7. The van der Waals surface area contributed by atoms with Gasteiger partial charge in [0.25, 0.3) is 0 Å². The molecule has 29 heavy (non-hydrogen) atoms. The van der Waals surface area contributed by atoms with E-state index in [-0.39, 0.29) is 18.1 Å². The third kappa shape index (κ3) is 10.2. The van der Waals surface area contributed by atoms with Crippen LogP contribution in [0.25, 0.3) is 0 Å². The highest BCUT2D eigenvalue weighted by molar-refractivity contribution is 7.80. The lowest BCUT2D eigenvalue weighted by molar-refractivity contribution is -0.142. The number of aliphatic hydroxyl groups excluding tert-OH is 1. The molecule has 0 aliphatic carbocycles. The van der Waals surface area contributed by atoms with Gasteiger partial charge in [0.2, 0.25) is 17.7 Å². The first kappa shape index (κ1) is 27.5. The number of aliphatic carboxylic acids is 1. The van der Waals surface area contributed by atoms with E-state index in [1.165, 1.54) is 6.92 Å². The molecule has 168 valence electrons. The minimum Gasteiger partial charge on any atom is -0.480 e. The van der Waals surface area contributed by atoms with Gasteiger partial charge in [-0.2, -0.15) is 25.3 Å². The summed E-state index contributed by atoms with van der Waals surface area (Å²) in [6.07, 6.45) is -0.715. The van der Waals surface area contributed by atoms with Gasteiger partial charge in [-0.15, -0.1) is 0 Å². The normalized spacial score (nSPS) is 16.3. The van der Waals surface area contributed by atoms with Crippen LogP contribution in [0.5, 0.6) is 0 Å². The SMILES string of the molecule is CC(C)C[C@H](NC(=O)[C@@H](N)CCS)C(=O)N[C@H](C(=O)N[C@H](CS)C(=O)O)[C@@H](C)O. The number of amides is 3. The first-order valence-electron chi connectivity index (χ1n) is 9.23. The Morgan fingerprint density at radius 2 is 1.48 bits per heavy atom. The average molecular weight is 453 g/mol. The number of nitrogens with two attached hydrogens (primary N) is 1. The van der Waals surface area contributed by atoms with Crippen LogP contribution in [0.15, 0.2) is 0 Å². The Balaban J connectivity index is 5.30. The van der Waals surface area contributed by atoms with Gasteiger partial charge in [-0.1, -0.05) is 13.8 Å². The van der Waals surface area contributed by atoms with E-state index in [9.17, 15) is 24.3 Å². The van der Waals surface area contributed by atoms with E-state index in [1.54, 1.807) is 0 Å². The zero-order valence-electron chi connectivity index (χ0n) is 16.8. The maximum Gasteiger partial charge on any atom is 0.327 e. The van der Waals surface area contributed by atoms with Crippen molar-refractivity contribution in [2.45, 2.75) is 63.9 Å². The van der Waals surface area contributed by atoms with Gasteiger partial charge in [0.15, 0.2) is 0 Å². The van der Waals surface area contributed by atoms with Crippen LogP contribution in [-0.2, 0) is 19.2 Å². The molecule has 0 spiro atoms. The van der Waals surface area contributed by atoms with Gasteiger partial charge in [-0.3, -0.25) is 14.4 Å². The monoisotopic (exact) mass is 452 g/mol. The molecule has 0 saturated carbocycles. The van der Waals surface area contributed by atoms with E-state index in [0.717, 1.165) is 0 Å². The number of thiol groups is 2. The summed E-state index contributed by atoms with van der Waals surface area (Å²) in [4.78, 5) is 48.3. The number of nitrogens with one attached hydrogen (secondary N) is 3. The van der Waals surface area contributed by atoms with Crippen LogP contribution in [0.1, 0.15) is 33.6 Å². The summed E-state index contributed by atoms with van der Waals surface area (Å²) in [6.45, 7) is 4.98. The molecule has 0 heterocycles. The van der Waals surface area contributed by atoms with Crippen molar-refractivity contribution in [1.82, 2.24) is 16.0 Å². The molecule has 0 aromatic heterocycles. The van der Waals surface area contributed by atoms with Gasteiger partial charge in [0.05, 0.1) is 12.1 Å². The maximum absolute atomic E-state index is 12.7. The number of carbonyl (C=O) groups excluding carboxylic acids is 3. The van der Waals surface area contributed by atoms with E-state index in [2.05, 4.69) is 41.2 Å². The minimum atomic E-state index is -1.41. The highest BCUT2D eigenvalue weighted by Gasteiger charge is 2.32. The molecular formula is C17H32N4O6S2. The van der Waals surface area contributed by atoms with E-state index < -0.39 is 54.0 Å². The number of hydrogen-bond acceptors (Lipinski definition) is 8. The Hall–Kier alpha value is -1.50. The van der Waals surface area contributed by atoms with Gasteiger partial charge >= 0.3 is 5.97 Å². The van der Waals surface area contributed by atoms with Gasteiger partial charge in [-0.25, -0.2) is 4.79 Å². The lowest BCUT2D eigenvalue weighted by atomic mass is 10.0. The Bertz CT molecular complexity index is 576. The van der Waals surface area contributed by atoms with E-state index >= 15 is 0 Å². The predicted molar refractivity (Wildman–Crippen MR) is 115 cm³/mol. The van der Waals surface area contributed by atoms with E-state index in [0.29, 0.717) is 12.2 Å². The second-order valence-corrected chi connectivity index (χ2v) is 7.93. The Morgan fingerprint density at radius 1 is 0.931 bits per heavy atom. The van der Waals surface area contributed by atoms with Crippen molar-refractivity contribution < 1.29 is 29.4 Å². The largest absolute Gasteiger partial charge is 0.480 e. The van der Waals surface area contributed by atoms with Gasteiger partial charge in [0.1, 0.15) is 18.1 Å². The summed E-state index contributed by atoms with van der Waals surface area (Å²) < 4.78 is 0. The first-order valence-corrected chi connectivity index (χ1v) is 10.5. The van der Waals surface area contributed by atoms with Crippen molar-refractivity contribution in [3.8, 4) is 0 Å². The third-order valence-corrected chi connectivity index (χ3v) is 4.60. The standard InChI is InChI=1S/C17H32N4O6S2/c1-8(2)6-11(19-14(23)10(18)4-5-28)15(24)21-13(9(3)22)16(25)20-12(7-29)17(26)27/h8-13,22,28-29H,4-7,18H2,1-3H3,(H,19,23)(H,20,25)(H,21,24)(H,26,27)/t9-,10+,11+,12-,13+/m1/s1. The molecule has 0 rings (SSSR count). The maximum atomic E-state index is 12.7. The number of carbonyl (C=O) groups is 4. The van der Waals surface area contributed by atoms with E-state index in [1.807, 2.05) is 13.8 Å². The van der Waals surface area contributed by atoms with Gasteiger partial charge in [0, 0.05) is 5.75 Å². The molecule has 0 aliphatic heterocycles. The summed E-state index contributed by atoms with van der Waals surface area (Å²) in [7, 11) is 0. The Kier molecular flexibility index (Phi) is 13.0. The van der Waals surface area contributed by atoms with Crippen molar-refractivity contribution in [3.05, 3.63) is 0 Å². The van der Waals surface area contributed by atoms with Gasteiger partial charge in [-0.05, 0) is 31.4 Å². The van der Waals surface area contributed by atoms with Crippen molar-refractivity contribution in [3.63, 3.8) is 0 Å². The summed E-state index contributed by atoms with van der Waals surface area (Å²) in [5.41, 5.74) is 5.74. The van der Waals surface area contributed by atoms with Crippen molar-refractivity contribution >= 4 is 48.9 Å². The zero-order valence-corrected chi connectivity index (χ0v) is 18.6. The molecule has 0 saturated heterocycles. The molecular weight excluding hydrogens is 420 g/mol. The van der Waals surface area contributed by atoms with Crippen LogP contribution in [0.4, 0.5) is 0 Å². The molecule has 10 nitrogen and oxygen atoms in total. The molecule has 0 aliphatic rings. The van der Waals surface area contributed by atoms with Crippen LogP contribution in [0.3, 0.4) is 0 Å². The summed E-state index contributed by atoms with van der Waals surface area (Å²) in [5, 5.41) is 26.1. The highest BCUT2D eigenvalue weighted by Crippen LogP contribution is 2.07. The molecule has 0 aromatic carbocycles. The molecule has 0 bridgehead atoms. The van der Waals surface area contributed by atoms with Crippen LogP contribution in [-0.4, -0.2) is 75.7 Å². The highest BCUT2D eigenvalue weighted by atomic mass is 32.1. The van der Waals surface area contributed by atoms with Gasteiger partial charge < -0.3 is 31.9 Å². The van der Waals surface area contributed by atoms with Crippen molar-refractivity contribution in [1.29, 1.82) is 0 Å². The third-order valence-electron chi connectivity index (χ3n) is 3.98. The van der Waals surface area contributed by atoms with Crippen LogP contribution in [0, 0.1) is 5.92 Å². The van der Waals surface area contributed by atoms with Crippen molar-refractivity contribution in [2.24, 2.45) is 11.7 Å². The molecule has 3 amide bonds. The lowest BCUT2D eigenvalue weighted by Gasteiger charge is -2.27. The van der Waals surface area contributed by atoms with Crippen LogP contribution >= 0.6 is 25.3 Å². The number of rotatable bonds is 13. The van der Waals surface area contributed by atoms with Crippen molar-refractivity contribution in [2.75, 3.05) is 11.5 Å². The lowest BCUT2D eigenvalue weighted by Crippen LogP contribution is -2.60. The quantitative estimate of drug-likeness (QED) is 0.158. The predicted octanol–water partition coefficient (Wildman–Crippen LogP) is -1.47. The molecule has 0 fully saturated rings.